The summed E-state index contributed by atoms with van der Waals surface area (Å²) in [5.74, 6) is 1.29. The maximum atomic E-state index is 6.70. The molecule has 9 rings (SSSR count). The summed E-state index contributed by atoms with van der Waals surface area (Å²) in [6.45, 7) is 0. The summed E-state index contributed by atoms with van der Waals surface area (Å²) < 4.78 is 15.4. The Hall–Kier alpha value is -6.14. The number of amidine groups is 2. The van der Waals surface area contributed by atoms with Crippen molar-refractivity contribution in [1.82, 2.24) is 4.68 Å². The lowest BCUT2D eigenvalue weighted by atomic mass is 10.0. The van der Waals surface area contributed by atoms with Crippen molar-refractivity contribution in [2.45, 2.75) is 5.79 Å². The number of hydrogen-bond donors (Lipinski definition) is 1. The van der Waals surface area contributed by atoms with E-state index < -0.39 is 5.79 Å². The lowest BCUT2D eigenvalue weighted by molar-refractivity contribution is -0.0416. The number of para-hydroxylation sites is 3. The Morgan fingerprint density at radius 2 is 1.18 bits per heavy atom. The minimum atomic E-state index is -1.07. The summed E-state index contributed by atoms with van der Waals surface area (Å²) in [4.78, 5) is 4.88. The van der Waals surface area contributed by atoms with E-state index in [-0.39, 0.29) is 0 Å². The smallest absolute Gasteiger partial charge is 0.306 e. The van der Waals surface area contributed by atoms with Gasteiger partial charge in [0.25, 0.3) is 0 Å². The summed E-state index contributed by atoms with van der Waals surface area (Å²) in [5, 5.41) is 7.32. The van der Waals surface area contributed by atoms with Gasteiger partial charge in [0, 0.05) is 33.0 Å². The normalized spacial score (nSPS) is 14.7. The maximum Gasteiger partial charge on any atom is 0.306 e. The van der Waals surface area contributed by atoms with Gasteiger partial charge in [-0.25, -0.2) is 9.67 Å². The van der Waals surface area contributed by atoms with Crippen molar-refractivity contribution in [3.63, 3.8) is 0 Å². The molecule has 1 aromatic heterocycles. The van der Waals surface area contributed by atoms with Crippen molar-refractivity contribution in [2.24, 2.45) is 15.8 Å². The molecule has 1 aliphatic heterocycles. The first-order chi connectivity index (χ1) is 22.2. The van der Waals surface area contributed by atoms with Gasteiger partial charge in [-0.2, -0.15) is 0 Å². The van der Waals surface area contributed by atoms with Crippen LogP contribution in [-0.2, 0) is 5.79 Å². The largest absolute Gasteiger partial charge is 0.440 e. The third-order valence-corrected chi connectivity index (χ3v) is 8.59. The Morgan fingerprint density at radius 1 is 0.556 bits per heavy atom. The Labute approximate surface area is 259 Å². The number of aromatic nitrogens is 1. The molecule has 6 aromatic carbocycles. The monoisotopic (exact) mass is 582 g/mol. The van der Waals surface area contributed by atoms with Gasteiger partial charge in [0.1, 0.15) is 5.84 Å². The molecule has 0 atom stereocenters. The van der Waals surface area contributed by atoms with E-state index in [1.807, 2.05) is 102 Å². The molecule has 0 radical (unpaired) electrons. The van der Waals surface area contributed by atoms with Gasteiger partial charge in [-0.15, -0.1) is 5.10 Å². The van der Waals surface area contributed by atoms with Crippen molar-refractivity contribution in [2.75, 3.05) is 0 Å². The highest BCUT2D eigenvalue weighted by Crippen LogP contribution is 2.56. The molecule has 0 amide bonds. The number of rotatable bonds is 3. The molecule has 2 aliphatic rings. The van der Waals surface area contributed by atoms with E-state index in [1.165, 1.54) is 0 Å². The van der Waals surface area contributed by atoms with Crippen LogP contribution in [0.4, 0.5) is 0 Å². The second-order valence-corrected chi connectivity index (χ2v) is 11.2. The molecule has 2 heterocycles. The van der Waals surface area contributed by atoms with Crippen LogP contribution in [0.5, 0.6) is 11.5 Å². The zero-order valence-electron chi connectivity index (χ0n) is 24.1. The number of benzene rings is 6. The number of fused-ring (bicyclic) bond motifs is 9. The predicted octanol–water partition coefficient (Wildman–Crippen LogP) is 8.06. The molecule has 1 spiro atoms. The summed E-state index contributed by atoms with van der Waals surface area (Å²) in [5.41, 5.74) is 14.2. The van der Waals surface area contributed by atoms with Gasteiger partial charge in [0.15, 0.2) is 17.3 Å². The Morgan fingerprint density at radius 3 is 1.93 bits per heavy atom. The van der Waals surface area contributed by atoms with Crippen LogP contribution in [0, 0.1) is 0 Å². The van der Waals surface area contributed by atoms with Crippen molar-refractivity contribution in [3.8, 4) is 22.6 Å². The van der Waals surface area contributed by atoms with E-state index in [0.717, 1.165) is 66.7 Å². The third-order valence-electron chi connectivity index (χ3n) is 8.59. The van der Waals surface area contributed by atoms with Crippen molar-refractivity contribution in [3.05, 3.63) is 168 Å². The van der Waals surface area contributed by atoms with Gasteiger partial charge in [-0.3, -0.25) is 0 Å². The van der Waals surface area contributed by atoms with Gasteiger partial charge >= 0.3 is 5.79 Å². The second-order valence-electron chi connectivity index (χ2n) is 11.2. The molecule has 45 heavy (non-hydrogen) atoms. The van der Waals surface area contributed by atoms with Gasteiger partial charge in [-0.1, -0.05) is 115 Å². The summed E-state index contributed by atoms with van der Waals surface area (Å²) >= 11 is 0. The van der Waals surface area contributed by atoms with Crippen LogP contribution in [-0.4, -0.2) is 16.3 Å². The third kappa shape index (κ3) is 3.82. The molecule has 0 saturated carbocycles. The van der Waals surface area contributed by atoms with Crippen LogP contribution >= 0.6 is 0 Å². The van der Waals surface area contributed by atoms with Crippen LogP contribution in [0.1, 0.15) is 22.3 Å². The number of nitrogens with two attached hydrogens (primary N) is 1. The van der Waals surface area contributed by atoms with E-state index >= 15 is 0 Å². The lowest BCUT2D eigenvalue weighted by Gasteiger charge is -2.25. The predicted molar refractivity (Wildman–Crippen MR) is 179 cm³/mol. The summed E-state index contributed by atoms with van der Waals surface area (Å²) in [6, 6.07) is 48.5. The highest BCUT2D eigenvalue weighted by atomic mass is 16.7. The Balaban J connectivity index is 1.31. The van der Waals surface area contributed by atoms with Crippen LogP contribution < -0.4 is 15.2 Å². The fraction of sp³-hybridized carbons (Fsp3) is 0.0256. The van der Waals surface area contributed by atoms with Gasteiger partial charge < -0.3 is 15.2 Å². The van der Waals surface area contributed by atoms with Crippen LogP contribution in [0.3, 0.4) is 0 Å². The molecule has 2 N–H and O–H groups in total. The van der Waals surface area contributed by atoms with Gasteiger partial charge in [0.2, 0.25) is 0 Å². The molecule has 6 heteroatoms. The molecule has 0 unspecified atom stereocenters. The molecule has 214 valence electrons. The van der Waals surface area contributed by atoms with Crippen LogP contribution in [0.15, 0.2) is 156 Å². The standard InChI is InChI=1S/C39H26N4O2/c40-37(25-13-3-1-4-14-25)41-38(26-15-5-2-6-16-26)42-43-33-20-10-8-18-28(33)30-23-32-29(24-34(30)43)27-17-7-9-19-31(27)39(32)44-35-21-11-12-22-36(35)45-39/h1-24H,(H2,40,41,42). The van der Waals surface area contributed by atoms with Crippen LogP contribution in [0.2, 0.25) is 0 Å². The lowest BCUT2D eigenvalue weighted by Crippen LogP contribution is -2.34. The first-order valence-corrected chi connectivity index (χ1v) is 14.9. The number of aliphatic imine (C=N–C) groups is 1. The Bertz CT molecular complexity index is 2310. The molecule has 0 saturated heterocycles. The zero-order chi connectivity index (χ0) is 30.0. The van der Waals surface area contributed by atoms with E-state index in [0.29, 0.717) is 11.7 Å². The van der Waals surface area contributed by atoms with Crippen LogP contribution in [0.25, 0.3) is 32.9 Å². The fourth-order valence-electron chi connectivity index (χ4n) is 6.53. The highest BCUT2D eigenvalue weighted by Gasteiger charge is 2.52. The van der Waals surface area contributed by atoms with Gasteiger partial charge in [-0.05, 0) is 41.5 Å². The Kier molecular flexibility index (Phi) is 5.46. The maximum absolute atomic E-state index is 6.70. The van der Waals surface area contributed by atoms with E-state index in [4.69, 9.17) is 25.3 Å². The molecule has 0 fully saturated rings. The zero-order valence-corrected chi connectivity index (χ0v) is 24.1. The van der Waals surface area contributed by atoms with Crippen molar-refractivity contribution < 1.29 is 9.47 Å². The fourth-order valence-corrected chi connectivity index (χ4v) is 6.53. The van der Waals surface area contributed by atoms with E-state index in [1.54, 1.807) is 0 Å². The summed E-state index contributed by atoms with van der Waals surface area (Å²) in [7, 11) is 0. The molecular weight excluding hydrogens is 556 g/mol. The summed E-state index contributed by atoms with van der Waals surface area (Å²) in [6.07, 6.45) is 0. The average molecular weight is 583 g/mol. The molecule has 1 aliphatic carbocycles. The minimum absolute atomic E-state index is 0.394. The van der Waals surface area contributed by atoms with Crippen molar-refractivity contribution >= 4 is 33.5 Å². The van der Waals surface area contributed by atoms with E-state index in [2.05, 4.69) is 48.5 Å². The first kappa shape index (κ1) is 25.4. The quantitative estimate of drug-likeness (QED) is 0.169. The highest BCUT2D eigenvalue weighted by molar-refractivity contribution is 6.13. The van der Waals surface area contributed by atoms with Crippen molar-refractivity contribution in [1.29, 1.82) is 0 Å². The average Bonchev–Trinajstić information content (AvgIpc) is 3.72. The van der Waals surface area contributed by atoms with E-state index in [9.17, 15) is 0 Å². The van der Waals surface area contributed by atoms with Gasteiger partial charge in [0.05, 0.1) is 11.0 Å². The first-order valence-electron chi connectivity index (χ1n) is 14.9. The topological polar surface area (TPSA) is 74.1 Å². The molecule has 7 aromatic rings. The number of hydrogen-bond acceptors (Lipinski definition) is 3. The number of nitrogens with zero attached hydrogens (tertiary/aromatic N) is 3. The molecular formula is C39H26N4O2. The second kappa shape index (κ2) is 9.69. The molecule has 0 bridgehead atoms. The minimum Gasteiger partial charge on any atom is -0.440 e. The number of ether oxygens (including phenoxy) is 2. The molecule has 6 nitrogen and oxygen atoms in total. The SMILES string of the molecule is NC(=NC(=Nn1c2ccccc2c2cc3c(cc21)-c1ccccc1C31Oc2ccccc2O1)c1ccccc1)c1ccccc1.